The first-order valence-corrected chi connectivity index (χ1v) is 23.0. The molecule has 0 aliphatic rings. The van der Waals surface area contributed by atoms with Crippen LogP contribution in [0, 0.1) is 13.8 Å². The van der Waals surface area contributed by atoms with Crippen LogP contribution in [0.1, 0.15) is 11.1 Å². The minimum Gasteiger partial charge on any atom is -0.311 e. The number of rotatable bonds is 11. The maximum Gasteiger partial charge on any atom is 0.0540 e. The average molecular weight is 860 g/mol. The van der Waals surface area contributed by atoms with Crippen LogP contribution < -0.4 is 14.7 Å². The zero-order chi connectivity index (χ0) is 45.1. The van der Waals surface area contributed by atoms with Crippen molar-refractivity contribution in [2.24, 2.45) is 0 Å². The molecule has 0 heterocycles. The zero-order valence-corrected chi connectivity index (χ0v) is 37.7. The van der Waals surface area contributed by atoms with Gasteiger partial charge in [-0.15, -0.1) is 0 Å². The molecule has 0 saturated heterocycles. The van der Waals surface area contributed by atoms with Gasteiger partial charge in [-0.05, 0) is 144 Å². The molecule has 11 rings (SSSR count). The molecular weight excluding hydrogens is 811 g/mol. The second-order valence-corrected chi connectivity index (χ2v) is 17.2. The number of nitrogens with zero attached hydrogens (tertiary/aromatic N) is 3. The third-order valence-electron chi connectivity index (χ3n) is 12.8. The van der Waals surface area contributed by atoms with Crippen molar-refractivity contribution in [3.63, 3.8) is 0 Å². The molecule has 0 radical (unpaired) electrons. The van der Waals surface area contributed by atoms with Crippen molar-refractivity contribution in [2.45, 2.75) is 13.8 Å². The van der Waals surface area contributed by atoms with Gasteiger partial charge in [-0.1, -0.05) is 175 Å². The highest BCUT2D eigenvalue weighted by molar-refractivity contribution is 6.00. The maximum atomic E-state index is 2.36. The summed E-state index contributed by atoms with van der Waals surface area (Å²) in [6.45, 7) is 4.27. The number of fused-ring (bicyclic) bond motifs is 2. The summed E-state index contributed by atoms with van der Waals surface area (Å²) in [5.74, 6) is 0. The van der Waals surface area contributed by atoms with E-state index in [9.17, 15) is 0 Å². The third kappa shape index (κ3) is 8.31. The predicted octanol–water partition coefficient (Wildman–Crippen LogP) is 18.4. The number of benzene rings is 11. The van der Waals surface area contributed by atoms with Crippen molar-refractivity contribution in [2.75, 3.05) is 14.7 Å². The lowest BCUT2D eigenvalue weighted by atomic mass is 10.0. The van der Waals surface area contributed by atoms with Crippen LogP contribution in [0.2, 0.25) is 0 Å². The Morgan fingerprint density at radius 2 is 0.478 bits per heavy atom. The van der Waals surface area contributed by atoms with Gasteiger partial charge in [0.1, 0.15) is 0 Å². The van der Waals surface area contributed by atoms with E-state index in [0.29, 0.717) is 0 Å². The maximum absolute atomic E-state index is 2.36. The smallest absolute Gasteiger partial charge is 0.0540 e. The van der Waals surface area contributed by atoms with Crippen LogP contribution in [0.4, 0.5) is 51.2 Å². The number of anilines is 9. The van der Waals surface area contributed by atoms with Crippen LogP contribution in [0.3, 0.4) is 0 Å². The Bertz CT molecular complexity index is 3210. The van der Waals surface area contributed by atoms with Gasteiger partial charge in [0.15, 0.2) is 0 Å². The molecule has 11 aromatic rings. The summed E-state index contributed by atoms with van der Waals surface area (Å²) >= 11 is 0. The van der Waals surface area contributed by atoms with E-state index >= 15 is 0 Å². The first kappa shape index (κ1) is 41.1. The van der Waals surface area contributed by atoms with E-state index in [1.165, 1.54) is 32.7 Å². The van der Waals surface area contributed by atoms with Gasteiger partial charge >= 0.3 is 0 Å². The van der Waals surface area contributed by atoms with E-state index in [4.69, 9.17) is 0 Å². The average Bonchev–Trinajstić information content (AvgIpc) is 3.39. The fourth-order valence-electron chi connectivity index (χ4n) is 9.28. The molecule has 0 aliphatic heterocycles. The fourth-order valence-corrected chi connectivity index (χ4v) is 9.28. The standard InChI is InChI=1S/C64H49N3/c1-46-22-34-57(35-23-46)66(63-20-10-14-52-12-6-8-18-61(52)63)59-42-30-50(31-43-59)48-26-38-55(39-27-48)65(54-16-4-3-5-17-54)56-40-28-49(29-41-56)51-32-44-60(45-33-51)67(58-36-24-47(2)25-37-58)64-21-11-15-53-13-7-9-19-62(53)64/h3-45H,1-2H3. The molecule has 0 unspecified atom stereocenters. The molecule has 0 spiro atoms. The van der Waals surface area contributed by atoms with E-state index in [0.717, 1.165) is 73.4 Å². The summed E-state index contributed by atoms with van der Waals surface area (Å²) in [5.41, 5.74) is 17.2. The summed E-state index contributed by atoms with van der Waals surface area (Å²) in [6.07, 6.45) is 0. The van der Waals surface area contributed by atoms with E-state index < -0.39 is 0 Å². The van der Waals surface area contributed by atoms with Crippen LogP contribution in [0.5, 0.6) is 0 Å². The first-order chi connectivity index (χ1) is 33.0. The summed E-state index contributed by atoms with van der Waals surface area (Å²) < 4.78 is 0. The molecule has 0 fully saturated rings. The highest BCUT2D eigenvalue weighted by Gasteiger charge is 2.18. The number of hydrogen-bond acceptors (Lipinski definition) is 3. The molecule has 0 saturated carbocycles. The van der Waals surface area contributed by atoms with Gasteiger partial charge in [0.25, 0.3) is 0 Å². The molecule has 3 nitrogen and oxygen atoms in total. The Labute approximate surface area is 393 Å². The largest absolute Gasteiger partial charge is 0.311 e. The Morgan fingerprint density at radius 1 is 0.209 bits per heavy atom. The molecule has 0 atom stereocenters. The molecule has 3 heteroatoms. The van der Waals surface area contributed by atoms with Gasteiger partial charge < -0.3 is 14.7 Å². The lowest BCUT2D eigenvalue weighted by molar-refractivity contribution is 1.28. The Morgan fingerprint density at radius 3 is 0.836 bits per heavy atom. The molecule has 0 amide bonds. The number of aryl methyl sites for hydroxylation is 2. The van der Waals surface area contributed by atoms with Crippen molar-refractivity contribution < 1.29 is 0 Å². The van der Waals surface area contributed by atoms with Crippen LogP contribution in [0.25, 0.3) is 43.8 Å². The summed E-state index contributed by atoms with van der Waals surface area (Å²) in [6, 6.07) is 94.3. The minimum atomic E-state index is 1.09. The van der Waals surface area contributed by atoms with Crippen molar-refractivity contribution in [3.05, 3.63) is 272 Å². The Balaban J connectivity index is 0.872. The van der Waals surface area contributed by atoms with Gasteiger partial charge in [0, 0.05) is 50.6 Å². The third-order valence-corrected chi connectivity index (χ3v) is 12.8. The second-order valence-electron chi connectivity index (χ2n) is 17.2. The van der Waals surface area contributed by atoms with E-state index in [2.05, 4.69) is 289 Å². The SMILES string of the molecule is Cc1ccc(N(c2ccc(-c3ccc(N(c4ccccc4)c4ccc(-c5ccc(N(c6ccc(C)cc6)c6cccc7ccccc67)cc5)cc4)cc3)cc2)c2cccc3ccccc23)cc1. The summed E-state index contributed by atoms with van der Waals surface area (Å²) in [5, 5.41) is 4.88. The van der Waals surface area contributed by atoms with Crippen molar-refractivity contribution in [1.82, 2.24) is 0 Å². The normalized spacial score (nSPS) is 11.1. The van der Waals surface area contributed by atoms with Crippen LogP contribution in [-0.2, 0) is 0 Å². The van der Waals surface area contributed by atoms with Crippen LogP contribution in [-0.4, -0.2) is 0 Å². The van der Waals surface area contributed by atoms with Crippen molar-refractivity contribution in [3.8, 4) is 22.3 Å². The summed E-state index contributed by atoms with van der Waals surface area (Å²) in [4.78, 5) is 7.05. The van der Waals surface area contributed by atoms with Gasteiger partial charge in [0.05, 0.1) is 11.4 Å². The van der Waals surface area contributed by atoms with Gasteiger partial charge in [0.2, 0.25) is 0 Å². The van der Waals surface area contributed by atoms with Crippen LogP contribution >= 0.6 is 0 Å². The van der Waals surface area contributed by atoms with E-state index in [-0.39, 0.29) is 0 Å². The van der Waals surface area contributed by atoms with E-state index in [1.807, 2.05) is 0 Å². The topological polar surface area (TPSA) is 9.72 Å². The molecule has 0 bridgehead atoms. The Kier molecular flexibility index (Phi) is 11.1. The molecule has 11 aromatic carbocycles. The van der Waals surface area contributed by atoms with E-state index in [1.54, 1.807) is 0 Å². The van der Waals surface area contributed by atoms with Gasteiger partial charge in [-0.2, -0.15) is 0 Å². The van der Waals surface area contributed by atoms with Gasteiger partial charge in [-0.3, -0.25) is 0 Å². The first-order valence-electron chi connectivity index (χ1n) is 23.0. The molecule has 67 heavy (non-hydrogen) atoms. The molecule has 0 aromatic heterocycles. The number of hydrogen-bond donors (Lipinski definition) is 0. The lowest BCUT2D eigenvalue weighted by Gasteiger charge is -2.27. The highest BCUT2D eigenvalue weighted by Crippen LogP contribution is 2.42. The van der Waals surface area contributed by atoms with Crippen LogP contribution in [0.15, 0.2) is 261 Å². The zero-order valence-electron chi connectivity index (χ0n) is 37.7. The Hall–Kier alpha value is -8.66. The molecule has 0 N–H and O–H groups in total. The summed E-state index contributed by atoms with van der Waals surface area (Å²) in [7, 11) is 0. The van der Waals surface area contributed by atoms with Crippen molar-refractivity contribution in [1.29, 1.82) is 0 Å². The van der Waals surface area contributed by atoms with Crippen molar-refractivity contribution >= 4 is 72.7 Å². The fraction of sp³-hybridized carbons (Fsp3) is 0.0312. The lowest BCUT2D eigenvalue weighted by Crippen LogP contribution is -2.10. The highest BCUT2D eigenvalue weighted by atomic mass is 15.2. The molecule has 0 aliphatic carbocycles. The van der Waals surface area contributed by atoms with Gasteiger partial charge in [-0.25, -0.2) is 0 Å². The predicted molar refractivity (Wildman–Crippen MR) is 286 cm³/mol. The molecular formula is C64H49N3. The quantitative estimate of drug-likeness (QED) is 0.128. The molecule has 320 valence electrons. The monoisotopic (exact) mass is 859 g/mol. The number of para-hydroxylation sites is 1. The second kappa shape index (κ2) is 18.1. The minimum absolute atomic E-state index is 1.09.